The number of sulfone groups is 1. The maximum atomic E-state index is 14.0. The minimum absolute atomic E-state index is 0.117. The van der Waals surface area contributed by atoms with Crippen molar-refractivity contribution in [2.75, 3.05) is 123 Å². The number of amides is 3. The Kier molecular flexibility index (Phi) is 31.5. The van der Waals surface area contributed by atoms with E-state index in [9.17, 15) is 55.0 Å². The predicted molar refractivity (Wildman–Crippen MR) is 341 cm³/mol. The van der Waals surface area contributed by atoms with Crippen LogP contribution >= 0.6 is 0 Å². The summed E-state index contributed by atoms with van der Waals surface area (Å²) in [4.78, 5) is 51.0. The number of aliphatic carboxylic acids is 1. The molecule has 6 atom stereocenters. The van der Waals surface area contributed by atoms with Crippen molar-refractivity contribution in [1.29, 1.82) is 0 Å². The third-order valence-electron chi connectivity index (χ3n) is 16.5. The van der Waals surface area contributed by atoms with Crippen molar-refractivity contribution in [2.24, 2.45) is 11.3 Å². The fraction of sp³-hybridized carbons (Fsp3) is 0.507. The minimum atomic E-state index is -5.19. The SMILES string of the molecule is CCCCC1(CC)CS(=O)(=O)c2ccc([NH+](C)C)cc2C(c2cccc(NC(=O)CCOCCOCCOCCOCCOCCOCCOCCC(=O)NCc3cccc(C4C(CCC(O)c5ccc(F)cc5)C(=O)N4c4ccc(F)cc4)c3)c2)C1O.O=C([O-])C(F)(F)F. The number of fused-ring (bicyclic) bond motifs is 1. The molecule has 0 spiro atoms. The second-order valence-corrected chi connectivity index (χ2v) is 25.4. The number of halogens is 5. The number of alkyl halides is 3. The number of unbranched alkanes of at least 4 members (excludes halogenated alkanes) is 1. The summed E-state index contributed by atoms with van der Waals surface area (Å²) >= 11 is 0. The van der Waals surface area contributed by atoms with E-state index >= 15 is 0 Å². The highest BCUT2D eigenvalue weighted by Crippen LogP contribution is 2.50. The van der Waals surface area contributed by atoms with Gasteiger partial charge in [-0.15, -0.1) is 0 Å². The molecular formula is C69H89F5N4O16S. The van der Waals surface area contributed by atoms with Crippen molar-refractivity contribution in [1.82, 2.24) is 5.32 Å². The van der Waals surface area contributed by atoms with Gasteiger partial charge in [-0.05, 0) is 108 Å². The van der Waals surface area contributed by atoms with E-state index in [0.717, 1.165) is 40.1 Å². The number of carbonyl (C=O) groups is 4. The Hall–Kier alpha value is -6.82. The lowest BCUT2D eigenvalue weighted by Gasteiger charge is -2.48. The summed E-state index contributed by atoms with van der Waals surface area (Å²) in [6, 6.07) is 31.4. The number of anilines is 2. The fourth-order valence-electron chi connectivity index (χ4n) is 11.3. The highest BCUT2D eigenvalue weighted by molar-refractivity contribution is 7.91. The lowest BCUT2D eigenvalue weighted by Crippen LogP contribution is -3.00. The molecule has 7 rings (SSSR count). The van der Waals surface area contributed by atoms with Crippen LogP contribution in [0.5, 0.6) is 0 Å². The topological polar surface area (TPSA) is 262 Å². The molecule has 0 aromatic heterocycles. The first-order valence-corrected chi connectivity index (χ1v) is 33.6. The van der Waals surface area contributed by atoms with E-state index in [0.29, 0.717) is 121 Å². The fourth-order valence-corrected chi connectivity index (χ4v) is 13.6. The number of aliphatic hydroxyl groups is 2. The number of nitrogens with one attached hydrogen (secondary N) is 3. The monoisotopic (exact) mass is 1360 g/mol. The molecule has 6 unspecified atom stereocenters. The number of hydrogen-bond donors (Lipinski definition) is 5. The molecule has 3 amide bonds. The molecule has 2 heterocycles. The molecule has 20 nitrogen and oxygen atoms in total. The number of rotatable bonds is 39. The number of aliphatic hydroxyl groups excluding tert-OH is 2. The average Bonchev–Trinajstić information content (AvgIpc) is 1.72. The number of benzene rings is 5. The number of ether oxygens (including phenoxy) is 7. The number of carboxylic acid groups (broad SMARTS) is 1. The van der Waals surface area contributed by atoms with Gasteiger partial charge in [-0.3, -0.25) is 14.4 Å². The molecule has 26 heteroatoms. The predicted octanol–water partition coefficient (Wildman–Crippen LogP) is 7.28. The van der Waals surface area contributed by atoms with Gasteiger partial charge < -0.3 is 73.7 Å². The summed E-state index contributed by atoms with van der Waals surface area (Å²) in [5.41, 5.74) is 4.72. The maximum absolute atomic E-state index is 14.0. The third-order valence-corrected chi connectivity index (χ3v) is 18.5. The van der Waals surface area contributed by atoms with Crippen LogP contribution in [0.4, 0.5) is 39.0 Å². The zero-order valence-electron chi connectivity index (χ0n) is 54.2. The van der Waals surface area contributed by atoms with Crippen LogP contribution in [0.15, 0.2) is 120 Å². The summed E-state index contributed by atoms with van der Waals surface area (Å²) in [5, 5.41) is 37.8. The van der Waals surface area contributed by atoms with E-state index in [1.165, 1.54) is 36.4 Å². The van der Waals surface area contributed by atoms with Crippen LogP contribution < -0.4 is 25.5 Å². The largest absolute Gasteiger partial charge is 0.542 e. The average molecular weight is 1360 g/mol. The molecule has 522 valence electrons. The molecule has 0 bridgehead atoms. The van der Waals surface area contributed by atoms with E-state index in [2.05, 4.69) is 17.6 Å². The molecule has 5 N–H and O–H groups in total. The van der Waals surface area contributed by atoms with Gasteiger partial charge in [0.05, 0.1) is 148 Å². The van der Waals surface area contributed by atoms with E-state index in [-0.39, 0.29) is 73.4 Å². The van der Waals surface area contributed by atoms with Crippen LogP contribution in [0.2, 0.25) is 0 Å². The van der Waals surface area contributed by atoms with Crippen molar-refractivity contribution in [2.45, 2.75) is 107 Å². The molecule has 2 aliphatic heterocycles. The van der Waals surface area contributed by atoms with Crippen LogP contribution in [0.3, 0.4) is 0 Å². The Bertz CT molecular complexity index is 3310. The molecule has 2 aliphatic rings. The summed E-state index contributed by atoms with van der Waals surface area (Å²) in [6.07, 6.45) is -3.35. The highest BCUT2D eigenvalue weighted by atomic mass is 32.2. The van der Waals surface area contributed by atoms with Crippen LogP contribution in [0.1, 0.15) is 111 Å². The van der Waals surface area contributed by atoms with E-state index in [1.54, 1.807) is 29.2 Å². The highest BCUT2D eigenvalue weighted by Gasteiger charge is 2.50. The molecule has 1 saturated heterocycles. The minimum Gasteiger partial charge on any atom is -0.542 e. The van der Waals surface area contributed by atoms with Crippen molar-refractivity contribution in [3.63, 3.8) is 0 Å². The number of hydrogen-bond acceptors (Lipinski definition) is 16. The van der Waals surface area contributed by atoms with Gasteiger partial charge >= 0.3 is 6.18 Å². The van der Waals surface area contributed by atoms with Crippen molar-refractivity contribution in [3.05, 3.63) is 155 Å². The van der Waals surface area contributed by atoms with E-state index < -0.39 is 63.1 Å². The Balaban J connectivity index is 0.00000193. The number of carboxylic acids is 1. The van der Waals surface area contributed by atoms with Gasteiger partial charge in [-0.25, -0.2) is 17.2 Å². The Labute approximate surface area is 552 Å². The first-order valence-electron chi connectivity index (χ1n) is 31.9. The Morgan fingerprint density at radius 1 is 0.705 bits per heavy atom. The van der Waals surface area contributed by atoms with Gasteiger partial charge in [0.25, 0.3) is 0 Å². The van der Waals surface area contributed by atoms with Gasteiger partial charge in [-0.1, -0.05) is 75.2 Å². The van der Waals surface area contributed by atoms with E-state index in [4.69, 9.17) is 43.1 Å². The molecule has 0 aliphatic carbocycles. The molecule has 5 aromatic carbocycles. The van der Waals surface area contributed by atoms with Gasteiger partial charge in [0, 0.05) is 47.8 Å². The summed E-state index contributed by atoms with van der Waals surface area (Å²) in [6.45, 7) is 9.08. The van der Waals surface area contributed by atoms with Crippen LogP contribution in [0, 0.1) is 23.0 Å². The molecule has 0 radical (unpaired) electrons. The van der Waals surface area contributed by atoms with Crippen LogP contribution in [-0.2, 0) is 68.7 Å². The van der Waals surface area contributed by atoms with Crippen molar-refractivity contribution < 1.29 is 103 Å². The number of nitrogens with zero attached hydrogens (tertiary/aromatic N) is 1. The summed E-state index contributed by atoms with van der Waals surface area (Å²) < 4.78 is 126. The molecule has 1 fully saturated rings. The number of carbonyl (C=O) groups excluding carboxylic acids is 4. The van der Waals surface area contributed by atoms with Crippen molar-refractivity contribution in [3.8, 4) is 0 Å². The summed E-state index contributed by atoms with van der Waals surface area (Å²) in [5.74, 6) is -5.60. The maximum Gasteiger partial charge on any atom is 0.430 e. The van der Waals surface area contributed by atoms with Gasteiger partial charge in [0.15, 0.2) is 9.84 Å². The standard InChI is InChI=1S/C67H88F2N4O14S.C2HF3O2/c1-5-7-28-67(6-2)47-88(79,80)60-25-22-56(72(3)4)45-58(60)63(65(67)77)50-11-9-13-54(44-50)71-62(76)27-30-82-32-34-84-36-38-86-40-42-87-41-39-85-37-35-83-33-31-81-29-26-61(75)70-46-48-10-8-12-51(43-48)64-57(23-24-59(74)49-14-16-52(68)17-15-49)66(78)73(64)55-20-18-53(69)19-21-55;3-2(4,5)1(6)7/h8-22,25,43-45,57,59,63-65,74,77H,5-7,23-24,26-42,46-47H2,1-4H3,(H,70,75)(H,71,76);(H,6,7). The third kappa shape index (κ3) is 24.0. The molecule has 0 saturated carbocycles. The first-order chi connectivity index (χ1) is 45.5. The lowest BCUT2D eigenvalue weighted by atomic mass is 9.69. The number of β-lactam (4-membered cyclic amide) rings is 1. The zero-order valence-corrected chi connectivity index (χ0v) is 55.0. The quantitative estimate of drug-likeness (QED) is 0.0147. The normalized spacial score (nSPS) is 18.7. The second-order valence-electron chi connectivity index (χ2n) is 23.4. The lowest BCUT2D eigenvalue weighted by molar-refractivity contribution is -0.786. The second kappa shape index (κ2) is 38.8. The molecule has 5 aromatic rings. The van der Waals surface area contributed by atoms with Gasteiger partial charge in [0.2, 0.25) is 17.7 Å². The molecule has 95 heavy (non-hydrogen) atoms. The van der Waals surface area contributed by atoms with Gasteiger partial charge in [0.1, 0.15) is 23.3 Å². The molecular weight excluding hydrogens is 1270 g/mol. The van der Waals surface area contributed by atoms with Crippen molar-refractivity contribution >= 4 is 50.6 Å². The summed E-state index contributed by atoms with van der Waals surface area (Å²) in [7, 11) is 0.237. The Morgan fingerprint density at radius 3 is 1.75 bits per heavy atom. The van der Waals surface area contributed by atoms with Crippen LogP contribution in [-0.4, -0.2) is 167 Å². The smallest absolute Gasteiger partial charge is 0.430 e. The van der Waals surface area contributed by atoms with E-state index in [1.807, 2.05) is 75.6 Å². The first kappa shape index (κ1) is 77.2. The Morgan fingerprint density at radius 2 is 1.22 bits per heavy atom. The van der Waals surface area contributed by atoms with Crippen LogP contribution in [0.25, 0.3) is 0 Å². The van der Waals surface area contributed by atoms with Gasteiger partial charge in [-0.2, -0.15) is 13.2 Å². The number of quaternary nitrogens is 1. The zero-order chi connectivity index (χ0) is 69.0.